The lowest BCUT2D eigenvalue weighted by atomic mass is 9.84. The first-order valence-corrected chi connectivity index (χ1v) is 10.6. The molecule has 0 spiro atoms. The minimum atomic E-state index is -1.41. The zero-order valence-corrected chi connectivity index (χ0v) is 18.7. The quantitative estimate of drug-likeness (QED) is 0.522. The van der Waals surface area contributed by atoms with Crippen molar-refractivity contribution < 1.29 is 33.3 Å². The maximum Gasteiger partial charge on any atom is 0.308 e. The van der Waals surface area contributed by atoms with Crippen molar-refractivity contribution in [2.45, 2.75) is 57.1 Å². The van der Waals surface area contributed by atoms with Gasteiger partial charge in [-0.3, -0.25) is 9.59 Å². The summed E-state index contributed by atoms with van der Waals surface area (Å²) < 4.78 is 28.8. The Balaban J connectivity index is 1.84. The molecule has 1 aliphatic rings. The number of ether oxygens (including phenoxy) is 5. The third kappa shape index (κ3) is 6.01. The second-order valence-electron chi connectivity index (χ2n) is 7.83. The van der Waals surface area contributed by atoms with E-state index in [2.05, 4.69) is 0 Å². The summed E-state index contributed by atoms with van der Waals surface area (Å²) in [6.45, 7) is 2.04. The molecule has 2 aromatic rings. The van der Waals surface area contributed by atoms with Crippen molar-refractivity contribution in [1.82, 2.24) is 0 Å². The molecule has 0 bridgehead atoms. The summed E-state index contributed by atoms with van der Waals surface area (Å²) in [4.78, 5) is 24.8. The lowest BCUT2D eigenvalue weighted by molar-refractivity contribution is -0.302. The number of hydrogen-bond donors (Lipinski definition) is 0. The van der Waals surface area contributed by atoms with Gasteiger partial charge in [0, 0.05) is 13.5 Å². The van der Waals surface area contributed by atoms with E-state index in [9.17, 15) is 9.59 Å². The predicted octanol–water partition coefficient (Wildman–Crippen LogP) is 3.44. The molecule has 1 fully saturated rings. The average molecular weight is 443 g/mol. The van der Waals surface area contributed by atoms with E-state index in [1.54, 1.807) is 0 Å². The molecule has 0 saturated carbocycles. The first-order chi connectivity index (χ1) is 15.5. The number of benzene rings is 2. The van der Waals surface area contributed by atoms with Crippen LogP contribution in [0.4, 0.5) is 0 Å². The smallest absolute Gasteiger partial charge is 0.308 e. The number of rotatable bonds is 10. The standard InChI is InChI=1S/C25H30O7/c1-18(26)25(15-22(27)28-2)14-21(30-16-19-10-6-4-7-11-19)23(24(29-3)32-25)31-17-20-12-8-5-9-13-20/h4-13,21,23-24H,14-17H2,1-3H3/t21-,23+,24-,25-/m0/s1. The minimum absolute atomic E-state index is 0.142. The van der Waals surface area contributed by atoms with Crippen molar-refractivity contribution in [2.24, 2.45) is 0 Å². The van der Waals surface area contributed by atoms with E-state index in [4.69, 9.17) is 23.7 Å². The number of hydrogen-bond acceptors (Lipinski definition) is 7. The maximum absolute atomic E-state index is 12.7. The summed E-state index contributed by atoms with van der Waals surface area (Å²) in [6.07, 6.45) is -2.14. The third-order valence-corrected chi connectivity index (χ3v) is 5.63. The minimum Gasteiger partial charge on any atom is -0.469 e. The number of ketones is 1. The molecule has 32 heavy (non-hydrogen) atoms. The molecule has 0 N–H and O–H groups in total. The highest BCUT2D eigenvalue weighted by Crippen LogP contribution is 2.37. The number of methoxy groups -OCH3 is 2. The lowest BCUT2D eigenvalue weighted by Crippen LogP contribution is -2.60. The summed E-state index contributed by atoms with van der Waals surface area (Å²) in [5.41, 5.74) is 0.556. The molecule has 2 aromatic carbocycles. The zero-order chi connectivity index (χ0) is 23.0. The van der Waals surface area contributed by atoms with E-state index in [0.29, 0.717) is 13.2 Å². The number of carbonyl (C=O) groups excluding carboxylic acids is 2. The molecule has 0 amide bonds. The van der Waals surface area contributed by atoms with Crippen molar-refractivity contribution in [3.8, 4) is 0 Å². The normalized spacial score (nSPS) is 25.3. The Bertz CT molecular complexity index is 870. The maximum atomic E-state index is 12.7. The Morgan fingerprint density at radius 3 is 2.00 bits per heavy atom. The molecule has 1 saturated heterocycles. The van der Waals surface area contributed by atoms with Crippen LogP contribution < -0.4 is 0 Å². The van der Waals surface area contributed by atoms with Gasteiger partial charge in [0.25, 0.3) is 0 Å². The Labute approximate surface area is 188 Å². The molecular weight excluding hydrogens is 412 g/mol. The van der Waals surface area contributed by atoms with Gasteiger partial charge in [-0.15, -0.1) is 0 Å². The largest absolute Gasteiger partial charge is 0.469 e. The van der Waals surface area contributed by atoms with E-state index in [-0.39, 0.29) is 18.6 Å². The van der Waals surface area contributed by atoms with E-state index >= 15 is 0 Å². The van der Waals surface area contributed by atoms with Gasteiger partial charge in [-0.1, -0.05) is 60.7 Å². The van der Waals surface area contributed by atoms with Crippen LogP contribution >= 0.6 is 0 Å². The Morgan fingerprint density at radius 1 is 0.938 bits per heavy atom. The van der Waals surface area contributed by atoms with Crippen LogP contribution in [0.1, 0.15) is 30.9 Å². The lowest BCUT2D eigenvalue weighted by Gasteiger charge is -2.46. The molecule has 7 nitrogen and oxygen atoms in total. The second-order valence-corrected chi connectivity index (χ2v) is 7.83. The Kier molecular flexibility index (Phi) is 8.53. The van der Waals surface area contributed by atoms with Crippen LogP contribution in [0, 0.1) is 0 Å². The second kappa shape index (κ2) is 11.3. The Hall–Kier alpha value is -2.58. The van der Waals surface area contributed by atoms with Crippen LogP contribution in [0.3, 0.4) is 0 Å². The van der Waals surface area contributed by atoms with Crippen LogP contribution in [0.5, 0.6) is 0 Å². The van der Waals surface area contributed by atoms with Crippen molar-refractivity contribution in [1.29, 1.82) is 0 Å². The van der Waals surface area contributed by atoms with Crippen molar-refractivity contribution >= 4 is 11.8 Å². The molecule has 1 heterocycles. The molecule has 0 radical (unpaired) electrons. The van der Waals surface area contributed by atoms with Crippen LogP contribution in [-0.4, -0.2) is 50.1 Å². The molecule has 1 aliphatic heterocycles. The third-order valence-electron chi connectivity index (χ3n) is 5.63. The summed E-state index contributed by atoms with van der Waals surface area (Å²) in [6, 6.07) is 19.4. The average Bonchev–Trinajstić information content (AvgIpc) is 2.82. The molecule has 172 valence electrons. The molecule has 0 aliphatic carbocycles. The van der Waals surface area contributed by atoms with Gasteiger partial charge in [-0.05, 0) is 18.1 Å². The Morgan fingerprint density at radius 2 is 1.50 bits per heavy atom. The van der Waals surface area contributed by atoms with Crippen molar-refractivity contribution in [2.75, 3.05) is 14.2 Å². The van der Waals surface area contributed by atoms with Gasteiger partial charge in [0.05, 0.1) is 32.8 Å². The molecule has 3 rings (SSSR count). The SMILES string of the molecule is COC(=O)C[C@]1(C(C)=O)C[C@H](OCc2ccccc2)[C@@H](OCc2ccccc2)[C@@H](OC)O1. The van der Waals surface area contributed by atoms with E-state index < -0.39 is 30.1 Å². The fourth-order valence-electron chi connectivity index (χ4n) is 3.79. The van der Waals surface area contributed by atoms with Gasteiger partial charge in [0.2, 0.25) is 0 Å². The molecule has 0 aromatic heterocycles. The molecule has 0 unspecified atom stereocenters. The number of carbonyl (C=O) groups is 2. The highest BCUT2D eigenvalue weighted by atomic mass is 16.7. The molecular formula is C25H30O7. The van der Waals surface area contributed by atoms with Crippen molar-refractivity contribution in [3.63, 3.8) is 0 Å². The fraction of sp³-hybridized carbons (Fsp3) is 0.440. The van der Waals surface area contributed by atoms with Gasteiger partial charge in [0.15, 0.2) is 12.1 Å². The predicted molar refractivity (Wildman–Crippen MR) is 117 cm³/mol. The van der Waals surface area contributed by atoms with Crippen LogP contribution in [0.15, 0.2) is 60.7 Å². The van der Waals surface area contributed by atoms with Crippen molar-refractivity contribution in [3.05, 3.63) is 71.8 Å². The first kappa shape index (κ1) is 24.1. The number of esters is 1. The molecule has 7 heteroatoms. The van der Waals surface area contributed by atoms with Gasteiger partial charge in [-0.25, -0.2) is 0 Å². The van der Waals surface area contributed by atoms with Crippen LogP contribution in [0.2, 0.25) is 0 Å². The summed E-state index contributed by atoms with van der Waals surface area (Å²) in [5, 5.41) is 0. The first-order valence-electron chi connectivity index (χ1n) is 10.6. The van der Waals surface area contributed by atoms with E-state index in [1.807, 2.05) is 60.7 Å². The van der Waals surface area contributed by atoms with Crippen LogP contribution in [0.25, 0.3) is 0 Å². The van der Waals surface area contributed by atoms with E-state index in [1.165, 1.54) is 21.1 Å². The summed E-state index contributed by atoms with van der Waals surface area (Å²) in [5.74, 6) is -0.833. The summed E-state index contributed by atoms with van der Waals surface area (Å²) in [7, 11) is 2.76. The highest BCUT2D eigenvalue weighted by Gasteiger charge is 2.52. The van der Waals surface area contributed by atoms with E-state index in [0.717, 1.165) is 11.1 Å². The highest BCUT2D eigenvalue weighted by molar-refractivity contribution is 5.89. The number of Topliss-reactive ketones (excluding diaryl/α,β-unsaturated/α-hetero) is 1. The van der Waals surface area contributed by atoms with Gasteiger partial charge >= 0.3 is 5.97 Å². The topological polar surface area (TPSA) is 80.3 Å². The van der Waals surface area contributed by atoms with Gasteiger partial charge in [0.1, 0.15) is 11.7 Å². The fourth-order valence-corrected chi connectivity index (χ4v) is 3.79. The summed E-state index contributed by atoms with van der Waals surface area (Å²) >= 11 is 0. The van der Waals surface area contributed by atoms with Gasteiger partial charge < -0.3 is 23.7 Å². The molecule has 4 atom stereocenters. The zero-order valence-electron chi connectivity index (χ0n) is 18.7. The monoisotopic (exact) mass is 442 g/mol. The van der Waals surface area contributed by atoms with Gasteiger partial charge in [-0.2, -0.15) is 0 Å². The van der Waals surface area contributed by atoms with Crippen LogP contribution in [-0.2, 0) is 46.5 Å².